The molecule has 2 aromatic carbocycles. The molecule has 0 aliphatic carbocycles. The Labute approximate surface area is 257 Å². The van der Waals surface area contributed by atoms with Gasteiger partial charge in [-0.05, 0) is 42.2 Å². The maximum absolute atomic E-state index is 13.6. The molecule has 0 spiro atoms. The lowest BCUT2D eigenvalue weighted by Gasteiger charge is -2.31. The number of rotatable bonds is 13. The second-order valence-corrected chi connectivity index (χ2v) is 11.7. The third-order valence-corrected chi connectivity index (χ3v) is 7.66. The fourth-order valence-electron chi connectivity index (χ4n) is 5.16. The maximum Gasteiger partial charge on any atom is 0.408 e. The van der Waals surface area contributed by atoms with E-state index in [1.807, 2.05) is 88.4 Å². The molecule has 1 aliphatic heterocycles. The van der Waals surface area contributed by atoms with Crippen molar-refractivity contribution >= 4 is 23.7 Å². The van der Waals surface area contributed by atoms with Crippen LogP contribution in [-0.2, 0) is 33.8 Å². The standard InChI is InChI=1S/C33H41N5O6/c1-21(2)27(29(39)30-34-26(44-37-30)18-17-23-12-7-5-8-13-23)35-31(40)25-16-11-19-38(25)32(41)28(22(3)4)36-33(42)43-20-24-14-9-6-10-15-24/h5-10,12-15,21-22,25,27-28H,11,16-20H2,1-4H3,(H,35,40)(H,36,42)/t25?,27-,28+/m1/s1. The number of ketones is 1. The van der Waals surface area contributed by atoms with E-state index >= 15 is 0 Å². The Hall–Kier alpha value is -4.54. The van der Waals surface area contributed by atoms with Crippen LogP contribution in [0.5, 0.6) is 0 Å². The number of amides is 3. The Bertz CT molecular complexity index is 1410. The zero-order valence-electron chi connectivity index (χ0n) is 25.7. The van der Waals surface area contributed by atoms with Crippen LogP contribution in [0.1, 0.15) is 68.2 Å². The monoisotopic (exact) mass is 603 g/mol. The molecule has 3 atom stereocenters. The van der Waals surface area contributed by atoms with Crippen LogP contribution >= 0.6 is 0 Å². The molecule has 1 unspecified atom stereocenters. The quantitative estimate of drug-likeness (QED) is 0.278. The molecule has 0 radical (unpaired) electrons. The van der Waals surface area contributed by atoms with Crippen LogP contribution in [0.2, 0.25) is 0 Å². The Balaban J connectivity index is 1.37. The highest BCUT2D eigenvalue weighted by molar-refractivity contribution is 6.00. The number of carbonyl (C=O) groups excluding carboxylic acids is 4. The maximum atomic E-state index is 13.6. The predicted molar refractivity (Wildman–Crippen MR) is 162 cm³/mol. The summed E-state index contributed by atoms with van der Waals surface area (Å²) in [5, 5.41) is 9.40. The van der Waals surface area contributed by atoms with Gasteiger partial charge in [-0.15, -0.1) is 0 Å². The van der Waals surface area contributed by atoms with Crippen molar-refractivity contribution in [3.05, 3.63) is 83.5 Å². The summed E-state index contributed by atoms with van der Waals surface area (Å²) in [5.41, 5.74) is 1.94. The van der Waals surface area contributed by atoms with Gasteiger partial charge < -0.3 is 24.8 Å². The van der Waals surface area contributed by atoms with Crippen molar-refractivity contribution in [2.24, 2.45) is 11.8 Å². The summed E-state index contributed by atoms with van der Waals surface area (Å²) in [6, 6.07) is 16.5. The van der Waals surface area contributed by atoms with Crippen LogP contribution in [0.4, 0.5) is 4.79 Å². The van der Waals surface area contributed by atoms with E-state index in [4.69, 9.17) is 9.26 Å². The lowest BCUT2D eigenvalue weighted by atomic mass is 9.98. The van der Waals surface area contributed by atoms with Crippen LogP contribution in [0, 0.1) is 11.8 Å². The number of likely N-dealkylation sites (tertiary alicyclic amines) is 1. The normalized spacial score (nSPS) is 16.0. The average molecular weight is 604 g/mol. The lowest BCUT2D eigenvalue weighted by molar-refractivity contribution is -0.141. The van der Waals surface area contributed by atoms with E-state index in [2.05, 4.69) is 20.8 Å². The third kappa shape index (κ3) is 8.52. The predicted octanol–water partition coefficient (Wildman–Crippen LogP) is 4.12. The second-order valence-electron chi connectivity index (χ2n) is 11.7. The number of nitrogens with zero attached hydrogens (tertiary/aromatic N) is 3. The van der Waals surface area contributed by atoms with Crippen molar-refractivity contribution in [1.29, 1.82) is 0 Å². The van der Waals surface area contributed by atoms with Crippen molar-refractivity contribution in [2.45, 2.75) is 78.1 Å². The number of benzene rings is 2. The Kier molecular flexibility index (Phi) is 11.2. The molecule has 1 saturated heterocycles. The molecule has 44 heavy (non-hydrogen) atoms. The topological polar surface area (TPSA) is 144 Å². The van der Waals surface area contributed by atoms with E-state index in [1.165, 1.54) is 4.90 Å². The van der Waals surface area contributed by atoms with Crippen molar-refractivity contribution in [1.82, 2.24) is 25.7 Å². The fraction of sp³-hybridized carbons (Fsp3) is 0.455. The Morgan fingerprint density at radius 3 is 2.16 bits per heavy atom. The molecular weight excluding hydrogens is 562 g/mol. The van der Waals surface area contributed by atoms with Crippen LogP contribution < -0.4 is 10.6 Å². The van der Waals surface area contributed by atoms with E-state index in [0.29, 0.717) is 38.1 Å². The van der Waals surface area contributed by atoms with Crippen LogP contribution in [0.25, 0.3) is 0 Å². The van der Waals surface area contributed by atoms with Crippen molar-refractivity contribution in [3.8, 4) is 0 Å². The largest absolute Gasteiger partial charge is 0.445 e. The van der Waals surface area contributed by atoms with Crippen LogP contribution in [0.15, 0.2) is 65.2 Å². The van der Waals surface area contributed by atoms with Gasteiger partial charge >= 0.3 is 6.09 Å². The molecule has 1 aliphatic rings. The summed E-state index contributed by atoms with van der Waals surface area (Å²) in [7, 11) is 0. The van der Waals surface area contributed by atoms with Gasteiger partial charge in [0.25, 0.3) is 0 Å². The van der Waals surface area contributed by atoms with Crippen LogP contribution in [0.3, 0.4) is 0 Å². The average Bonchev–Trinajstić information content (AvgIpc) is 3.71. The zero-order chi connectivity index (χ0) is 31.6. The number of hydrogen-bond donors (Lipinski definition) is 2. The molecule has 4 rings (SSSR count). The molecule has 1 fully saturated rings. The van der Waals surface area contributed by atoms with Gasteiger partial charge in [-0.1, -0.05) is 93.5 Å². The van der Waals surface area contributed by atoms with Gasteiger partial charge in [-0.25, -0.2) is 4.79 Å². The molecule has 3 aromatic rings. The van der Waals surface area contributed by atoms with E-state index in [9.17, 15) is 19.2 Å². The second kappa shape index (κ2) is 15.3. The summed E-state index contributed by atoms with van der Waals surface area (Å²) in [4.78, 5) is 58.9. The summed E-state index contributed by atoms with van der Waals surface area (Å²) in [6.07, 6.45) is 1.50. The van der Waals surface area contributed by atoms with E-state index < -0.39 is 35.9 Å². The molecule has 3 amide bonds. The van der Waals surface area contributed by atoms with Gasteiger partial charge in [-0.3, -0.25) is 14.4 Å². The molecule has 11 heteroatoms. The van der Waals surface area contributed by atoms with E-state index in [1.54, 1.807) is 0 Å². The van der Waals surface area contributed by atoms with E-state index in [-0.39, 0.29) is 30.2 Å². The molecule has 11 nitrogen and oxygen atoms in total. The fourth-order valence-corrected chi connectivity index (χ4v) is 5.16. The lowest BCUT2D eigenvalue weighted by Crippen LogP contribution is -2.57. The Morgan fingerprint density at radius 2 is 1.52 bits per heavy atom. The van der Waals surface area contributed by atoms with Gasteiger partial charge in [0, 0.05) is 13.0 Å². The summed E-state index contributed by atoms with van der Waals surface area (Å²) < 4.78 is 10.6. The van der Waals surface area contributed by atoms with Gasteiger partial charge in [0.05, 0.1) is 6.04 Å². The molecule has 0 bridgehead atoms. The highest BCUT2D eigenvalue weighted by atomic mass is 16.5. The first kappa shape index (κ1) is 32.4. The number of Topliss-reactive ketones (excluding diaryl/α,β-unsaturated/α-hetero) is 1. The number of alkyl carbamates (subject to hydrolysis) is 1. The first-order valence-electron chi connectivity index (χ1n) is 15.1. The Morgan fingerprint density at radius 1 is 0.886 bits per heavy atom. The number of nitrogens with one attached hydrogen (secondary N) is 2. The summed E-state index contributed by atoms with van der Waals surface area (Å²) >= 11 is 0. The van der Waals surface area contributed by atoms with Gasteiger partial charge in [-0.2, -0.15) is 4.98 Å². The minimum absolute atomic E-state index is 0.0694. The van der Waals surface area contributed by atoms with Gasteiger partial charge in [0.15, 0.2) is 0 Å². The number of ether oxygens (including phenoxy) is 1. The molecule has 234 valence electrons. The van der Waals surface area contributed by atoms with Crippen molar-refractivity contribution < 1.29 is 28.4 Å². The summed E-state index contributed by atoms with van der Waals surface area (Å²) in [5.74, 6) is -1.55. The molecule has 2 N–H and O–H groups in total. The van der Waals surface area contributed by atoms with Crippen LogP contribution in [-0.4, -0.2) is 63.4 Å². The minimum Gasteiger partial charge on any atom is -0.445 e. The molecule has 1 aromatic heterocycles. The SMILES string of the molecule is CC(C)[C@H](NC(=O)OCc1ccccc1)C(=O)N1CCCC1C(=O)N[C@@H](C(=O)c1noc(CCc2ccccc2)n1)C(C)C. The highest BCUT2D eigenvalue weighted by Crippen LogP contribution is 2.22. The summed E-state index contributed by atoms with van der Waals surface area (Å²) in [6.45, 7) is 7.69. The number of aryl methyl sites for hydroxylation is 2. The highest BCUT2D eigenvalue weighted by Gasteiger charge is 2.40. The first-order chi connectivity index (χ1) is 21.1. The smallest absolute Gasteiger partial charge is 0.408 e. The van der Waals surface area contributed by atoms with Gasteiger partial charge in [0.1, 0.15) is 18.7 Å². The van der Waals surface area contributed by atoms with E-state index in [0.717, 1.165) is 11.1 Å². The first-order valence-corrected chi connectivity index (χ1v) is 15.1. The van der Waals surface area contributed by atoms with Gasteiger partial charge in [0.2, 0.25) is 29.3 Å². The molecule has 2 heterocycles. The molecule has 0 saturated carbocycles. The van der Waals surface area contributed by atoms with Crippen molar-refractivity contribution in [2.75, 3.05) is 6.54 Å². The van der Waals surface area contributed by atoms with Crippen molar-refractivity contribution in [3.63, 3.8) is 0 Å². The third-order valence-electron chi connectivity index (χ3n) is 7.66. The number of hydrogen-bond acceptors (Lipinski definition) is 8. The molecular formula is C33H41N5O6. The zero-order valence-corrected chi connectivity index (χ0v) is 25.7. The number of carbonyl (C=O) groups is 4. The number of aromatic nitrogens is 2. The minimum atomic E-state index is -0.911.